The van der Waals surface area contributed by atoms with Crippen LogP contribution in [-0.4, -0.2) is 45.9 Å². The van der Waals surface area contributed by atoms with Crippen LogP contribution in [0.4, 0.5) is 4.79 Å². The van der Waals surface area contributed by atoms with E-state index in [0.29, 0.717) is 11.5 Å². The SMILES string of the molecule is CNCC1(c2nccn2C)NC(=O)NC1=O.Cn1c(C=O)ccc1-c1ccccc1. The molecule has 2 aromatic heterocycles. The third-order valence-electron chi connectivity index (χ3n) is 4.94. The molecule has 0 spiro atoms. The zero-order valence-electron chi connectivity index (χ0n) is 17.0. The van der Waals surface area contributed by atoms with Gasteiger partial charge in [-0.25, -0.2) is 9.78 Å². The number of aryl methyl sites for hydroxylation is 1. The van der Waals surface area contributed by atoms with Crippen molar-refractivity contribution in [3.8, 4) is 11.3 Å². The monoisotopic (exact) mass is 408 g/mol. The lowest BCUT2D eigenvalue weighted by molar-refractivity contribution is -0.124. The molecule has 3 amide bonds. The first-order chi connectivity index (χ1) is 14.4. The van der Waals surface area contributed by atoms with Gasteiger partial charge in [0.2, 0.25) is 0 Å². The van der Waals surface area contributed by atoms with E-state index in [4.69, 9.17) is 0 Å². The van der Waals surface area contributed by atoms with Crippen molar-refractivity contribution in [3.05, 3.63) is 66.4 Å². The molecule has 9 heteroatoms. The van der Waals surface area contributed by atoms with Gasteiger partial charge in [0.05, 0.1) is 5.69 Å². The van der Waals surface area contributed by atoms with Crippen molar-refractivity contribution >= 4 is 18.2 Å². The summed E-state index contributed by atoms with van der Waals surface area (Å²) in [6.45, 7) is 0.287. The van der Waals surface area contributed by atoms with Gasteiger partial charge in [-0.3, -0.25) is 14.9 Å². The van der Waals surface area contributed by atoms with Crippen LogP contribution in [0.15, 0.2) is 54.9 Å². The van der Waals surface area contributed by atoms with Gasteiger partial charge < -0.3 is 19.8 Å². The topological polar surface area (TPSA) is 110 Å². The Labute approximate surface area is 174 Å². The molecule has 3 N–H and O–H groups in total. The van der Waals surface area contributed by atoms with E-state index in [1.54, 1.807) is 31.1 Å². The van der Waals surface area contributed by atoms with Gasteiger partial charge in [-0.2, -0.15) is 0 Å². The fraction of sp³-hybridized carbons (Fsp3) is 0.238. The third kappa shape index (κ3) is 3.87. The van der Waals surface area contributed by atoms with Crippen molar-refractivity contribution in [2.75, 3.05) is 13.6 Å². The van der Waals surface area contributed by atoms with E-state index in [0.717, 1.165) is 17.5 Å². The van der Waals surface area contributed by atoms with Crippen LogP contribution in [0.25, 0.3) is 11.3 Å². The maximum atomic E-state index is 11.9. The summed E-state index contributed by atoms with van der Waals surface area (Å²) in [6.07, 6.45) is 4.18. The fourth-order valence-corrected chi connectivity index (χ4v) is 3.44. The number of hydrogen-bond acceptors (Lipinski definition) is 5. The number of imide groups is 1. The number of aromatic nitrogens is 3. The van der Waals surface area contributed by atoms with E-state index >= 15 is 0 Å². The number of benzene rings is 1. The first kappa shape index (κ1) is 21.0. The number of rotatable bonds is 5. The van der Waals surface area contributed by atoms with Crippen molar-refractivity contribution in [1.82, 2.24) is 30.1 Å². The molecular weight excluding hydrogens is 384 g/mol. The van der Waals surface area contributed by atoms with Gasteiger partial charge >= 0.3 is 6.03 Å². The van der Waals surface area contributed by atoms with Crippen molar-refractivity contribution in [3.63, 3.8) is 0 Å². The summed E-state index contributed by atoms with van der Waals surface area (Å²) < 4.78 is 3.60. The molecule has 30 heavy (non-hydrogen) atoms. The summed E-state index contributed by atoms with van der Waals surface area (Å²) >= 11 is 0. The van der Waals surface area contributed by atoms with Crippen molar-refractivity contribution in [1.29, 1.82) is 0 Å². The molecule has 0 aliphatic carbocycles. The molecule has 1 aliphatic heterocycles. The molecule has 3 aromatic rings. The van der Waals surface area contributed by atoms with Crippen LogP contribution < -0.4 is 16.0 Å². The van der Waals surface area contributed by atoms with E-state index in [1.165, 1.54) is 0 Å². The number of amides is 3. The first-order valence-electron chi connectivity index (χ1n) is 9.35. The van der Waals surface area contributed by atoms with E-state index in [-0.39, 0.29) is 12.5 Å². The standard InChI is InChI=1S/C12H11NO.C9H13N5O2/c1-13-11(9-14)7-8-12(13)10-5-3-2-4-6-10;1-10-5-9(6-11-3-4-14(6)2)7(15)12-8(16)13-9/h2-9H,1H3;3-4,10H,5H2,1-2H3,(H2,12,13,15,16). The molecule has 0 bridgehead atoms. The predicted molar refractivity (Wildman–Crippen MR) is 112 cm³/mol. The number of imidazole rings is 1. The number of nitrogens with zero attached hydrogens (tertiary/aromatic N) is 3. The molecule has 1 unspecified atom stereocenters. The molecule has 156 valence electrons. The van der Waals surface area contributed by atoms with Crippen molar-refractivity contribution < 1.29 is 14.4 Å². The Bertz CT molecular complexity index is 1060. The van der Waals surface area contributed by atoms with Crippen molar-refractivity contribution in [2.24, 2.45) is 14.1 Å². The van der Waals surface area contributed by atoms with Crippen LogP contribution in [0.3, 0.4) is 0 Å². The Morgan fingerprint density at radius 2 is 1.87 bits per heavy atom. The summed E-state index contributed by atoms with van der Waals surface area (Å²) in [7, 11) is 5.38. The van der Waals surface area contributed by atoms with E-state index < -0.39 is 11.6 Å². The van der Waals surface area contributed by atoms with Gasteiger partial charge in [0, 0.05) is 38.7 Å². The highest BCUT2D eigenvalue weighted by Crippen LogP contribution is 2.22. The second-order valence-corrected chi connectivity index (χ2v) is 6.89. The molecule has 0 saturated carbocycles. The summed E-state index contributed by atoms with van der Waals surface area (Å²) in [6, 6.07) is 13.3. The summed E-state index contributed by atoms with van der Waals surface area (Å²) in [5, 5.41) is 7.73. The van der Waals surface area contributed by atoms with Crippen LogP contribution in [-0.2, 0) is 24.4 Å². The second-order valence-electron chi connectivity index (χ2n) is 6.89. The highest BCUT2D eigenvalue weighted by Gasteiger charge is 2.50. The average molecular weight is 408 g/mol. The number of aldehydes is 1. The van der Waals surface area contributed by atoms with Gasteiger partial charge in [0.25, 0.3) is 5.91 Å². The lowest BCUT2D eigenvalue weighted by Crippen LogP contribution is -2.52. The molecule has 4 rings (SSSR count). The second kappa shape index (κ2) is 8.75. The summed E-state index contributed by atoms with van der Waals surface area (Å²) in [5.74, 6) is 0.117. The average Bonchev–Trinajstić information content (AvgIpc) is 3.41. The zero-order valence-corrected chi connectivity index (χ0v) is 17.0. The van der Waals surface area contributed by atoms with Crippen LogP contribution in [0.1, 0.15) is 16.3 Å². The molecule has 1 aliphatic rings. The van der Waals surface area contributed by atoms with Crippen LogP contribution >= 0.6 is 0 Å². The molecule has 1 fully saturated rings. The summed E-state index contributed by atoms with van der Waals surface area (Å²) in [4.78, 5) is 37.9. The minimum absolute atomic E-state index is 0.287. The Hall–Kier alpha value is -3.72. The third-order valence-corrected chi connectivity index (χ3v) is 4.94. The highest BCUT2D eigenvalue weighted by atomic mass is 16.2. The number of carbonyl (C=O) groups excluding carboxylic acids is 3. The van der Waals surface area contributed by atoms with E-state index in [1.807, 2.05) is 54.1 Å². The van der Waals surface area contributed by atoms with Gasteiger partial charge in [-0.1, -0.05) is 30.3 Å². The molecular formula is C21H24N6O3. The molecule has 3 heterocycles. The number of carbonyl (C=O) groups is 3. The van der Waals surface area contributed by atoms with E-state index in [9.17, 15) is 14.4 Å². The van der Waals surface area contributed by atoms with E-state index in [2.05, 4.69) is 20.9 Å². The minimum atomic E-state index is -1.12. The lowest BCUT2D eigenvalue weighted by atomic mass is 9.99. The Kier molecular flexibility index (Phi) is 6.12. The summed E-state index contributed by atoms with van der Waals surface area (Å²) in [5.41, 5.74) is 1.77. The Morgan fingerprint density at radius 3 is 2.37 bits per heavy atom. The van der Waals surface area contributed by atoms with Gasteiger partial charge in [0.1, 0.15) is 5.82 Å². The highest BCUT2D eigenvalue weighted by molar-refractivity contribution is 6.07. The van der Waals surface area contributed by atoms with Crippen LogP contribution in [0.5, 0.6) is 0 Å². The normalized spacial score (nSPS) is 17.7. The van der Waals surface area contributed by atoms with Gasteiger partial charge in [0.15, 0.2) is 11.8 Å². The largest absolute Gasteiger partial charge is 0.341 e. The van der Waals surface area contributed by atoms with Crippen LogP contribution in [0, 0.1) is 0 Å². The number of urea groups is 1. The Balaban J connectivity index is 0.000000172. The Morgan fingerprint density at radius 1 is 1.13 bits per heavy atom. The first-order valence-corrected chi connectivity index (χ1v) is 9.35. The van der Waals surface area contributed by atoms with Crippen molar-refractivity contribution in [2.45, 2.75) is 5.54 Å². The number of nitrogens with one attached hydrogen (secondary N) is 3. The maximum absolute atomic E-state index is 11.9. The fourth-order valence-electron chi connectivity index (χ4n) is 3.44. The molecule has 1 atom stereocenters. The number of likely N-dealkylation sites (N-methyl/N-ethyl adjacent to an activating group) is 1. The van der Waals surface area contributed by atoms with Gasteiger partial charge in [-0.05, 0) is 24.7 Å². The smallest absolute Gasteiger partial charge is 0.322 e. The van der Waals surface area contributed by atoms with Gasteiger partial charge in [-0.15, -0.1) is 0 Å². The molecule has 1 saturated heterocycles. The quantitative estimate of drug-likeness (QED) is 0.434. The lowest BCUT2D eigenvalue weighted by Gasteiger charge is -2.24. The molecule has 1 aromatic carbocycles. The number of hydrogen-bond donors (Lipinski definition) is 3. The predicted octanol–water partition coefficient (Wildman–Crippen LogP) is 1.18. The maximum Gasteiger partial charge on any atom is 0.322 e. The minimum Gasteiger partial charge on any atom is -0.341 e. The molecule has 0 radical (unpaired) electrons. The zero-order chi connectivity index (χ0) is 21.7. The van der Waals surface area contributed by atoms with Crippen LogP contribution in [0.2, 0.25) is 0 Å². The molecule has 9 nitrogen and oxygen atoms in total.